The lowest BCUT2D eigenvalue weighted by Gasteiger charge is -1.82. The molecule has 1 aromatic rings. The molecule has 0 N–H and O–H groups in total. The Hall–Kier alpha value is -1.25. The zero-order chi connectivity index (χ0) is 9.40. The lowest BCUT2D eigenvalue weighted by atomic mass is 10.2. The van der Waals surface area contributed by atoms with E-state index in [-0.39, 0.29) is 0 Å². The van der Waals surface area contributed by atoms with Crippen LogP contribution in [0.5, 0.6) is 0 Å². The Morgan fingerprint density at radius 2 is 1.58 bits per heavy atom. The van der Waals surface area contributed by atoms with Gasteiger partial charge in [0, 0.05) is 0 Å². The highest BCUT2D eigenvalue weighted by molar-refractivity contribution is 5.11. The highest BCUT2D eigenvalue weighted by Gasteiger charge is 1.78. The van der Waals surface area contributed by atoms with Crippen molar-refractivity contribution in [3.63, 3.8) is 0 Å². The first kappa shape index (κ1) is 10.8. The second-order valence-corrected chi connectivity index (χ2v) is 2.05. The zero-order valence-corrected chi connectivity index (χ0v) is 6.60. The van der Waals surface area contributed by atoms with E-state index in [4.69, 9.17) is 0 Å². The maximum atomic E-state index is 10.2. The van der Waals surface area contributed by atoms with Crippen molar-refractivity contribution in [2.45, 2.75) is 6.92 Å². The average Bonchev–Trinajstić information content (AvgIpc) is 2.07. The standard InChI is InChI=1S/C7H8.C2HF3/c1-7-5-3-2-4-6-7;3-1-2(4)5/h2-6H,1H3;1H. The first-order valence-electron chi connectivity index (χ1n) is 3.30. The molecule has 12 heavy (non-hydrogen) atoms. The molecule has 0 bridgehead atoms. The zero-order valence-electron chi connectivity index (χ0n) is 6.60. The van der Waals surface area contributed by atoms with E-state index in [1.807, 2.05) is 18.2 Å². The molecule has 0 aliphatic rings. The molecule has 0 saturated carbocycles. The second kappa shape index (κ2) is 6.46. The smallest absolute Gasteiger partial charge is 0.210 e. The molecule has 0 radical (unpaired) electrons. The average molecular weight is 174 g/mol. The summed E-state index contributed by atoms with van der Waals surface area (Å²) in [6.45, 7) is 2.08. The maximum Gasteiger partial charge on any atom is 0.298 e. The van der Waals surface area contributed by atoms with Crippen LogP contribution in [0.25, 0.3) is 0 Å². The van der Waals surface area contributed by atoms with Crippen LogP contribution in [0.2, 0.25) is 0 Å². The van der Waals surface area contributed by atoms with Crippen LogP contribution in [0, 0.1) is 6.92 Å². The van der Waals surface area contributed by atoms with Gasteiger partial charge in [-0.2, -0.15) is 8.78 Å². The summed E-state index contributed by atoms with van der Waals surface area (Å²) >= 11 is 0. The van der Waals surface area contributed by atoms with Crippen LogP contribution in [0.15, 0.2) is 42.7 Å². The van der Waals surface area contributed by atoms with Gasteiger partial charge in [0.2, 0.25) is 0 Å². The Morgan fingerprint density at radius 3 is 1.75 bits per heavy atom. The van der Waals surface area contributed by atoms with E-state index in [2.05, 4.69) is 19.1 Å². The number of hydrogen-bond donors (Lipinski definition) is 0. The predicted octanol–water partition coefficient (Wildman–Crippen LogP) is 3.69. The van der Waals surface area contributed by atoms with Gasteiger partial charge in [0.15, 0.2) is 6.33 Å². The molecular weight excluding hydrogens is 165 g/mol. The molecule has 0 aliphatic carbocycles. The number of hydrogen-bond acceptors (Lipinski definition) is 0. The Labute approximate surface area is 69.3 Å². The van der Waals surface area contributed by atoms with Crippen molar-refractivity contribution < 1.29 is 13.2 Å². The number of benzene rings is 1. The number of rotatable bonds is 0. The summed E-state index contributed by atoms with van der Waals surface area (Å²) in [6, 6.07) is 10.3. The Kier molecular flexibility index (Phi) is 5.79. The van der Waals surface area contributed by atoms with Gasteiger partial charge in [0.1, 0.15) is 0 Å². The van der Waals surface area contributed by atoms with Gasteiger partial charge < -0.3 is 0 Å². The molecule has 0 amide bonds. The van der Waals surface area contributed by atoms with Gasteiger partial charge in [-0.3, -0.25) is 0 Å². The van der Waals surface area contributed by atoms with Crippen LogP contribution in [-0.2, 0) is 0 Å². The van der Waals surface area contributed by atoms with Crippen molar-refractivity contribution in [2.24, 2.45) is 0 Å². The van der Waals surface area contributed by atoms with E-state index < -0.39 is 12.4 Å². The van der Waals surface area contributed by atoms with E-state index in [1.54, 1.807) is 0 Å². The quantitative estimate of drug-likeness (QED) is 0.562. The molecule has 0 atom stereocenters. The Bertz CT molecular complexity index is 225. The summed E-state index contributed by atoms with van der Waals surface area (Å²) < 4.78 is 30.7. The summed E-state index contributed by atoms with van der Waals surface area (Å²) in [6.07, 6.45) is -3.04. The topological polar surface area (TPSA) is 0 Å². The van der Waals surface area contributed by atoms with Gasteiger partial charge in [-0.05, 0) is 6.92 Å². The normalized spacial score (nSPS) is 8.00. The van der Waals surface area contributed by atoms with Crippen LogP contribution in [0.1, 0.15) is 5.56 Å². The molecule has 0 nitrogen and oxygen atoms in total. The van der Waals surface area contributed by atoms with Gasteiger partial charge in [-0.25, -0.2) is 4.39 Å². The van der Waals surface area contributed by atoms with Crippen molar-refractivity contribution >= 4 is 0 Å². The van der Waals surface area contributed by atoms with E-state index >= 15 is 0 Å². The minimum absolute atomic E-state index is 0.750. The molecule has 0 spiro atoms. The molecule has 3 heteroatoms. The molecule has 1 rings (SSSR count). The largest absolute Gasteiger partial charge is 0.298 e. The van der Waals surface area contributed by atoms with E-state index in [0.29, 0.717) is 0 Å². The van der Waals surface area contributed by atoms with Gasteiger partial charge in [-0.1, -0.05) is 35.9 Å². The number of aryl methyl sites for hydroxylation is 1. The van der Waals surface area contributed by atoms with Gasteiger partial charge >= 0.3 is 0 Å². The molecular formula is C9H9F3. The second-order valence-electron chi connectivity index (χ2n) is 2.05. The van der Waals surface area contributed by atoms with Crippen molar-refractivity contribution in [3.05, 3.63) is 48.3 Å². The van der Waals surface area contributed by atoms with Crippen LogP contribution in [0.3, 0.4) is 0 Å². The van der Waals surface area contributed by atoms with Crippen molar-refractivity contribution in [3.8, 4) is 0 Å². The minimum atomic E-state index is -2.29. The van der Waals surface area contributed by atoms with Gasteiger partial charge in [-0.15, -0.1) is 0 Å². The van der Waals surface area contributed by atoms with Crippen LogP contribution >= 0.6 is 0 Å². The van der Waals surface area contributed by atoms with Gasteiger partial charge in [0.05, 0.1) is 0 Å². The van der Waals surface area contributed by atoms with E-state index in [9.17, 15) is 13.2 Å². The first-order valence-corrected chi connectivity index (χ1v) is 3.30. The van der Waals surface area contributed by atoms with Crippen molar-refractivity contribution in [1.82, 2.24) is 0 Å². The fraction of sp³-hybridized carbons (Fsp3) is 0.111. The molecule has 1 aromatic carbocycles. The first-order chi connectivity index (χ1) is 5.66. The molecule has 0 fully saturated rings. The lowest BCUT2D eigenvalue weighted by Crippen LogP contribution is -1.62. The molecule has 66 valence electrons. The highest BCUT2D eigenvalue weighted by Crippen LogP contribution is 1.93. The fourth-order valence-electron chi connectivity index (χ4n) is 0.534. The van der Waals surface area contributed by atoms with E-state index in [0.717, 1.165) is 0 Å². The summed E-state index contributed by atoms with van der Waals surface area (Å²) in [4.78, 5) is 0. The minimum Gasteiger partial charge on any atom is -0.210 e. The molecule has 0 aromatic heterocycles. The SMILES string of the molecule is Cc1ccccc1.FC=C(F)F. The number of halogens is 3. The van der Waals surface area contributed by atoms with Crippen LogP contribution in [0.4, 0.5) is 13.2 Å². The van der Waals surface area contributed by atoms with E-state index in [1.165, 1.54) is 5.56 Å². The van der Waals surface area contributed by atoms with Gasteiger partial charge in [0.25, 0.3) is 6.08 Å². The highest BCUT2D eigenvalue weighted by atomic mass is 19.3. The molecule has 0 heterocycles. The molecule has 0 aliphatic heterocycles. The summed E-state index contributed by atoms with van der Waals surface area (Å²) in [7, 11) is 0. The fourth-order valence-corrected chi connectivity index (χ4v) is 0.534. The summed E-state index contributed by atoms with van der Waals surface area (Å²) in [5.41, 5.74) is 1.32. The monoisotopic (exact) mass is 174 g/mol. The molecule has 0 saturated heterocycles. The third kappa shape index (κ3) is 6.86. The van der Waals surface area contributed by atoms with Crippen LogP contribution in [-0.4, -0.2) is 0 Å². The van der Waals surface area contributed by atoms with Crippen LogP contribution < -0.4 is 0 Å². The third-order valence-corrected chi connectivity index (χ3v) is 1.02. The van der Waals surface area contributed by atoms with Crippen molar-refractivity contribution in [1.29, 1.82) is 0 Å². The maximum absolute atomic E-state index is 10.2. The third-order valence-electron chi connectivity index (χ3n) is 1.02. The summed E-state index contributed by atoms with van der Waals surface area (Å²) in [5, 5.41) is 0. The lowest BCUT2D eigenvalue weighted by molar-refractivity contribution is 0.400. The predicted molar refractivity (Wildman–Crippen MR) is 42.6 cm³/mol. The van der Waals surface area contributed by atoms with Crippen molar-refractivity contribution in [2.75, 3.05) is 0 Å². The Balaban J connectivity index is 0.000000217. The molecule has 0 unspecified atom stereocenters. The summed E-state index contributed by atoms with van der Waals surface area (Å²) in [5.74, 6) is 0. The Morgan fingerprint density at radius 1 is 1.17 bits per heavy atom.